The fraction of sp³-hybridized carbons (Fsp3) is 0.429. The Bertz CT molecular complexity index is 218. The van der Waals surface area contributed by atoms with Gasteiger partial charge >= 0.3 is 0 Å². The van der Waals surface area contributed by atoms with Gasteiger partial charge in [-0.2, -0.15) is 10.2 Å². The lowest BCUT2D eigenvalue weighted by Gasteiger charge is -1.95. The minimum Gasteiger partial charge on any atom is -0.156 e. The summed E-state index contributed by atoms with van der Waals surface area (Å²) in [6.07, 6.45) is 0. The molecule has 0 saturated heterocycles. The molecule has 0 bridgehead atoms. The van der Waals surface area contributed by atoms with Gasteiger partial charge in [0.25, 0.3) is 0 Å². The van der Waals surface area contributed by atoms with Crippen LogP contribution >= 0.6 is 0 Å². The molecule has 0 atom stereocenters. The maximum Gasteiger partial charge on any atom is 0.0629 e. The van der Waals surface area contributed by atoms with Gasteiger partial charge in [-0.25, -0.2) is 0 Å². The second-order valence-corrected chi connectivity index (χ2v) is 2.25. The molecule has 0 radical (unpaired) electrons. The first-order valence-corrected chi connectivity index (χ1v) is 2.97. The predicted molar refractivity (Wildman–Crippen MR) is 36.2 cm³/mol. The van der Waals surface area contributed by atoms with E-state index < -0.39 is 0 Å². The number of hydrogen-bond donors (Lipinski definition) is 0. The molecule has 0 fully saturated rings. The third kappa shape index (κ3) is 1.25. The number of aryl methyl sites for hydroxylation is 3. The summed E-state index contributed by atoms with van der Waals surface area (Å²) in [6.45, 7) is 5.94. The molecule has 1 aromatic heterocycles. The third-order valence-corrected chi connectivity index (χ3v) is 1.35. The van der Waals surface area contributed by atoms with Gasteiger partial charge in [0.05, 0.1) is 11.4 Å². The first-order valence-electron chi connectivity index (χ1n) is 2.97. The molecule has 48 valence electrons. The molecule has 1 aromatic rings. The minimum atomic E-state index is 0.984. The number of aromatic nitrogens is 2. The molecule has 0 aliphatic carbocycles. The van der Waals surface area contributed by atoms with Gasteiger partial charge in [0.2, 0.25) is 0 Å². The van der Waals surface area contributed by atoms with Crippen LogP contribution < -0.4 is 0 Å². The van der Waals surface area contributed by atoms with Crippen LogP contribution in [0.3, 0.4) is 0 Å². The Labute approximate surface area is 54.9 Å². The average molecular weight is 122 g/mol. The highest BCUT2D eigenvalue weighted by atomic mass is 15.1. The van der Waals surface area contributed by atoms with Crippen molar-refractivity contribution in [3.8, 4) is 0 Å². The van der Waals surface area contributed by atoms with E-state index in [1.165, 1.54) is 5.56 Å². The van der Waals surface area contributed by atoms with E-state index in [2.05, 4.69) is 10.2 Å². The second kappa shape index (κ2) is 2.13. The highest BCUT2D eigenvalue weighted by molar-refractivity contribution is 5.16. The van der Waals surface area contributed by atoms with E-state index in [0.29, 0.717) is 0 Å². The van der Waals surface area contributed by atoms with Crippen LogP contribution in [0.4, 0.5) is 0 Å². The first kappa shape index (κ1) is 6.20. The smallest absolute Gasteiger partial charge is 0.0629 e. The van der Waals surface area contributed by atoms with Crippen molar-refractivity contribution in [3.05, 3.63) is 23.0 Å². The quantitative estimate of drug-likeness (QED) is 0.519. The van der Waals surface area contributed by atoms with Crippen molar-refractivity contribution in [3.63, 3.8) is 0 Å². The molecule has 2 heteroatoms. The first-order chi connectivity index (χ1) is 4.20. The Morgan fingerprint density at radius 1 is 1.11 bits per heavy atom. The van der Waals surface area contributed by atoms with E-state index >= 15 is 0 Å². The molecule has 0 aromatic carbocycles. The number of rotatable bonds is 0. The van der Waals surface area contributed by atoms with Crippen molar-refractivity contribution in [2.24, 2.45) is 0 Å². The summed E-state index contributed by atoms with van der Waals surface area (Å²) in [7, 11) is 0. The lowest BCUT2D eigenvalue weighted by Crippen LogP contribution is -1.91. The summed E-state index contributed by atoms with van der Waals surface area (Å²) in [6, 6.07) is 2.03. The van der Waals surface area contributed by atoms with E-state index in [1.807, 2.05) is 26.8 Å². The van der Waals surface area contributed by atoms with Crippen molar-refractivity contribution in [1.29, 1.82) is 0 Å². The van der Waals surface area contributed by atoms with E-state index in [0.717, 1.165) is 11.4 Å². The highest BCUT2D eigenvalue weighted by Gasteiger charge is 1.92. The molecule has 0 amide bonds. The molecule has 0 unspecified atom stereocenters. The van der Waals surface area contributed by atoms with Crippen LogP contribution in [0.15, 0.2) is 6.07 Å². The Balaban J connectivity index is 3.17. The van der Waals surface area contributed by atoms with Crippen LogP contribution in [0.1, 0.15) is 17.0 Å². The SMILES string of the molecule is Cc1cc(C)c(C)nn1. The van der Waals surface area contributed by atoms with Gasteiger partial charge in [-0.3, -0.25) is 0 Å². The standard InChI is InChI=1S/C7H10N2/c1-5-4-6(2)8-9-7(5)3/h4H,1-3H3. The topological polar surface area (TPSA) is 25.8 Å². The Morgan fingerprint density at radius 2 is 1.78 bits per heavy atom. The number of nitrogens with zero attached hydrogens (tertiary/aromatic N) is 2. The van der Waals surface area contributed by atoms with Crippen molar-refractivity contribution >= 4 is 0 Å². The van der Waals surface area contributed by atoms with Crippen molar-refractivity contribution < 1.29 is 0 Å². The molecule has 0 N–H and O–H groups in total. The summed E-state index contributed by atoms with van der Waals surface area (Å²) >= 11 is 0. The van der Waals surface area contributed by atoms with E-state index in [1.54, 1.807) is 0 Å². The normalized spacial score (nSPS) is 9.67. The van der Waals surface area contributed by atoms with Crippen LogP contribution in [0.25, 0.3) is 0 Å². The average Bonchev–Trinajstić information content (AvgIpc) is 1.80. The largest absolute Gasteiger partial charge is 0.156 e. The summed E-state index contributed by atoms with van der Waals surface area (Å²) in [5.74, 6) is 0. The van der Waals surface area contributed by atoms with Gasteiger partial charge in [-0.1, -0.05) is 0 Å². The zero-order valence-corrected chi connectivity index (χ0v) is 5.97. The maximum atomic E-state index is 3.93. The van der Waals surface area contributed by atoms with Crippen LogP contribution in [-0.2, 0) is 0 Å². The van der Waals surface area contributed by atoms with Gasteiger partial charge in [0.15, 0.2) is 0 Å². The molecule has 0 aliphatic rings. The summed E-state index contributed by atoms with van der Waals surface area (Å²) in [4.78, 5) is 0. The predicted octanol–water partition coefficient (Wildman–Crippen LogP) is 1.40. The molecule has 1 rings (SSSR count). The molecular weight excluding hydrogens is 112 g/mol. The van der Waals surface area contributed by atoms with Gasteiger partial charge < -0.3 is 0 Å². The van der Waals surface area contributed by atoms with Gasteiger partial charge in [0, 0.05) is 0 Å². The van der Waals surface area contributed by atoms with E-state index in [9.17, 15) is 0 Å². The zero-order chi connectivity index (χ0) is 6.85. The molecule has 0 spiro atoms. The van der Waals surface area contributed by atoms with Crippen molar-refractivity contribution in [2.75, 3.05) is 0 Å². The molecule has 0 aliphatic heterocycles. The summed E-state index contributed by atoms with van der Waals surface area (Å²) in [5.41, 5.74) is 3.21. The lowest BCUT2D eigenvalue weighted by molar-refractivity contribution is 0.924. The molecular formula is C7H10N2. The minimum absolute atomic E-state index is 0.984. The number of hydrogen-bond acceptors (Lipinski definition) is 2. The van der Waals surface area contributed by atoms with E-state index in [-0.39, 0.29) is 0 Å². The second-order valence-electron chi connectivity index (χ2n) is 2.25. The van der Waals surface area contributed by atoms with E-state index in [4.69, 9.17) is 0 Å². The van der Waals surface area contributed by atoms with Gasteiger partial charge in [-0.15, -0.1) is 0 Å². The van der Waals surface area contributed by atoms with Crippen LogP contribution in [0.5, 0.6) is 0 Å². The molecule has 9 heavy (non-hydrogen) atoms. The Morgan fingerprint density at radius 3 is 2.22 bits per heavy atom. The highest BCUT2D eigenvalue weighted by Crippen LogP contribution is 2.00. The molecule has 0 saturated carbocycles. The monoisotopic (exact) mass is 122 g/mol. The Hall–Kier alpha value is -0.920. The lowest BCUT2D eigenvalue weighted by atomic mass is 10.2. The van der Waals surface area contributed by atoms with Crippen molar-refractivity contribution in [2.45, 2.75) is 20.8 Å². The van der Waals surface area contributed by atoms with Crippen LogP contribution in [-0.4, -0.2) is 10.2 Å². The third-order valence-electron chi connectivity index (χ3n) is 1.35. The van der Waals surface area contributed by atoms with Crippen LogP contribution in [0.2, 0.25) is 0 Å². The molecule has 2 nitrogen and oxygen atoms in total. The molecule has 1 heterocycles. The fourth-order valence-corrected chi connectivity index (χ4v) is 0.679. The van der Waals surface area contributed by atoms with Gasteiger partial charge in [0.1, 0.15) is 0 Å². The zero-order valence-electron chi connectivity index (χ0n) is 5.97. The van der Waals surface area contributed by atoms with Crippen molar-refractivity contribution in [1.82, 2.24) is 10.2 Å². The Kier molecular flexibility index (Phi) is 1.47. The maximum absolute atomic E-state index is 3.93. The van der Waals surface area contributed by atoms with Crippen LogP contribution in [0, 0.1) is 20.8 Å². The summed E-state index contributed by atoms with van der Waals surface area (Å²) in [5, 5.41) is 7.82. The van der Waals surface area contributed by atoms with Gasteiger partial charge in [-0.05, 0) is 32.4 Å². The summed E-state index contributed by atoms with van der Waals surface area (Å²) < 4.78 is 0. The fourth-order valence-electron chi connectivity index (χ4n) is 0.679.